The van der Waals surface area contributed by atoms with E-state index in [4.69, 9.17) is 10.5 Å². The summed E-state index contributed by atoms with van der Waals surface area (Å²) in [5, 5.41) is 0. The quantitative estimate of drug-likeness (QED) is 0.859. The zero-order valence-electron chi connectivity index (χ0n) is 10.8. The third-order valence-corrected chi connectivity index (χ3v) is 2.75. The largest absolute Gasteiger partial charge is 0.485 e. The van der Waals surface area contributed by atoms with Crippen LogP contribution in [0, 0.1) is 11.6 Å². The van der Waals surface area contributed by atoms with E-state index in [9.17, 15) is 18.4 Å². The maximum atomic E-state index is 13.0. The molecule has 0 bridgehead atoms. The van der Waals surface area contributed by atoms with Gasteiger partial charge in [0.2, 0.25) is 5.91 Å². The van der Waals surface area contributed by atoms with Crippen LogP contribution in [-0.4, -0.2) is 18.3 Å². The highest BCUT2D eigenvalue weighted by atomic mass is 19.2. The first kappa shape index (κ1) is 14.6. The topological polar surface area (TPSA) is 69.4 Å². The van der Waals surface area contributed by atoms with Gasteiger partial charge >= 0.3 is 0 Å². The maximum absolute atomic E-state index is 13.0. The second kappa shape index (κ2) is 6.13. The molecule has 2 N–H and O–H groups in total. The number of carbonyl (C=O) groups excluding carboxylic acids is 2. The number of rotatable bonds is 5. The highest BCUT2D eigenvalue weighted by Gasteiger charge is 2.10. The average Bonchev–Trinajstić information content (AvgIpc) is 2.48. The number of amides is 1. The van der Waals surface area contributed by atoms with Crippen LogP contribution in [-0.2, 0) is 0 Å². The van der Waals surface area contributed by atoms with E-state index in [2.05, 4.69) is 0 Å². The Bertz CT molecular complexity index is 684. The van der Waals surface area contributed by atoms with Crippen molar-refractivity contribution in [3.8, 4) is 5.75 Å². The molecule has 0 radical (unpaired) electrons. The van der Waals surface area contributed by atoms with Crippen molar-refractivity contribution in [1.29, 1.82) is 0 Å². The van der Waals surface area contributed by atoms with Crippen LogP contribution in [0.5, 0.6) is 5.75 Å². The van der Waals surface area contributed by atoms with Gasteiger partial charge in [-0.25, -0.2) is 8.78 Å². The second-order valence-electron chi connectivity index (χ2n) is 4.23. The van der Waals surface area contributed by atoms with Crippen molar-refractivity contribution in [1.82, 2.24) is 0 Å². The highest BCUT2D eigenvalue weighted by molar-refractivity contribution is 5.97. The number of carbonyl (C=O) groups is 2. The number of primary amides is 1. The first-order valence-corrected chi connectivity index (χ1v) is 5.98. The third kappa shape index (κ3) is 3.62. The van der Waals surface area contributed by atoms with Crippen molar-refractivity contribution in [2.45, 2.75) is 0 Å². The van der Waals surface area contributed by atoms with Crippen molar-refractivity contribution >= 4 is 11.7 Å². The molecular weight excluding hydrogens is 280 g/mol. The summed E-state index contributed by atoms with van der Waals surface area (Å²) in [6.45, 7) is -0.332. The molecule has 4 nitrogen and oxygen atoms in total. The Labute approximate surface area is 119 Å². The van der Waals surface area contributed by atoms with E-state index < -0.39 is 23.3 Å². The van der Waals surface area contributed by atoms with Crippen molar-refractivity contribution in [3.63, 3.8) is 0 Å². The van der Waals surface area contributed by atoms with Gasteiger partial charge in [-0.05, 0) is 42.5 Å². The summed E-state index contributed by atoms with van der Waals surface area (Å²) in [5.41, 5.74) is 5.42. The van der Waals surface area contributed by atoms with E-state index in [0.717, 1.165) is 12.1 Å². The molecule has 0 saturated carbocycles. The number of hydrogen-bond donors (Lipinski definition) is 1. The lowest BCUT2D eigenvalue weighted by Gasteiger charge is -2.06. The number of hydrogen-bond acceptors (Lipinski definition) is 3. The van der Waals surface area contributed by atoms with Gasteiger partial charge in [-0.15, -0.1) is 0 Å². The monoisotopic (exact) mass is 291 g/mol. The molecule has 0 aliphatic carbocycles. The lowest BCUT2D eigenvalue weighted by molar-refractivity contribution is 0.0919. The van der Waals surface area contributed by atoms with Crippen LogP contribution in [0.25, 0.3) is 0 Å². The Kier molecular flexibility index (Phi) is 4.27. The van der Waals surface area contributed by atoms with Crippen molar-refractivity contribution in [2.75, 3.05) is 6.61 Å². The molecule has 21 heavy (non-hydrogen) atoms. The van der Waals surface area contributed by atoms with Gasteiger partial charge in [0.1, 0.15) is 5.75 Å². The van der Waals surface area contributed by atoms with Crippen LogP contribution in [0.2, 0.25) is 0 Å². The maximum Gasteiger partial charge on any atom is 0.248 e. The van der Waals surface area contributed by atoms with Gasteiger partial charge in [-0.3, -0.25) is 9.59 Å². The van der Waals surface area contributed by atoms with E-state index in [0.29, 0.717) is 11.3 Å². The molecule has 1 amide bonds. The SMILES string of the molecule is NC(=O)c1ccc(OCC(=O)c2ccc(F)c(F)c2)cc1. The van der Waals surface area contributed by atoms with Gasteiger partial charge in [0.05, 0.1) is 0 Å². The van der Waals surface area contributed by atoms with Gasteiger partial charge < -0.3 is 10.5 Å². The molecule has 0 aromatic heterocycles. The standard InChI is InChI=1S/C15H11F2NO3/c16-12-6-3-10(7-13(12)17)14(19)8-21-11-4-1-9(2-5-11)15(18)20/h1-7H,8H2,(H2,18,20). The van der Waals surface area contributed by atoms with E-state index in [1.165, 1.54) is 30.3 Å². The summed E-state index contributed by atoms with van der Waals surface area (Å²) in [6.07, 6.45) is 0. The van der Waals surface area contributed by atoms with Gasteiger partial charge in [0.25, 0.3) is 0 Å². The molecule has 0 heterocycles. The number of halogens is 2. The molecule has 0 atom stereocenters. The number of Topliss-reactive ketones (excluding diaryl/α,β-unsaturated/α-hetero) is 1. The highest BCUT2D eigenvalue weighted by Crippen LogP contribution is 2.13. The van der Waals surface area contributed by atoms with Gasteiger partial charge in [-0.1, -0.05) is 0 Å². The predicted octanol–water partition coefficient (Wildman–Crippen LogP) is 2.33. The van der Waals surface area contributed by atoms with Crippen LogP contribution in [0.1, 0.15) is 20.7 Å². The summed E-state index contributed by atoms with van der Waals surface area (Å²) < 4.78 is 31.0. The molecule has 2 aromatic carbocycles. The lowest BCUT2D eigenvalue weighted by atomic mass is 10.1. The van der Waals surface area contributed by atoms with Crippen LogP contribution in [0.15, 0.2) is 42.5 Å². The fourth-order valence-corrected chi connectivity index (χ4v) is 1.62. The summed E-state index contributed by atoms with van der Waals surface area (Å²) >= 11 is 0. The number of ketones is 1. The Hall–Kier alpha value is -2.76. The summed E-state index contributed by atoms with van der Waals surface area (Å²) in [6, 6.07) is 8.76. The molecule has 6 heteroatoms. The van der Waals surface area contributed by atoms with Gasteiger partial charge in [0, 0.05) is 11.1 Å². The molecule has 108 valence electrons. The first-order valence-electron chi connectivity index (χ1n) is 5.98. The number of nitrogens with two attached hydrogens (primary N) is 1. The predicted molar refractivity (Wildman–Crippen MR) is 71.1 cm³/mol. The molecule has 0 fully saturated rings. The fourth-order valence-electron chi connectivity index (χ4n) is 1.62. The normalized spacial score (nSPS) is 10.2. The smallest absolute Gasteiger partial charge is 0.248 e. The van der Waals surface area contributed by atoms with E-state index in [1.54, 1.807) is 0 Å². The Balaban J connectivity index is 2.00. The van der Waals surface area contributed by atoms with Crippen LogP contribution < -0.4 is 10.5 Å². The Morgan fingerprint density at radius 3 is 2.14 bits per heavy atom. The van der Waals surface area contributed by atoms with Crippen LogP contribution >= 0.6 is 0 Å². The van der Waals surface area contributed by atoms with Crippen LogP contribution in [0.3, 0.4) is 0 Å². The molecule has 0 saturated heterocycles. The number of ether oxygens (including phenoxy) is 1. The molecule has 2 rings (SSSR count). The average molecular weight is 291 g/mol. The molecule has 0 aliphatic rings. The zero-order valence-corrected chi connectivity index (χ0v) is 10.8. The third-order valence-electron chi connectivity index (χ3n) is 2.75. The van der Waals surface area contributed by atoms with Crippen molar-refractivity contribution in [2.24, 2.45) is 5.73 Å². The van der Waals surface area contributed by atoms with E-state index >= 15 is 0 Å². The second-order valence-corrected chi connectivity index (χ2v) is 4.23. The lowest BCUT2D eigenvalue weighted by Crippen LogP contribution is -2.13. The van der Waals surface area contributed by atoms with Crippen molar-refractivity contribution < 1.29 is 23.1 Å². The first-order chi connectivity index (χ1) is 9.97. The summed E-state index contributed by atoms with van der Waals surface area (Å²) in [7, 11) is 0. The van der Waals surface area contributed by atoms with E-state index in [1.807, 2.05) is 0 Å². The van der Waals surface area contributed by atoms with E-state index in [-0.39, 0.29) is 12.2 Å². The summed E-state index contributed by atoms with van der Waals surface area (Å²) in [5.74, 6) is -2.82. The molecule has 2 aromatic rings. The minimum atomic E-state index is -1.09. The molecular formula is C15H11F2NO3. The molecule has 0 aliphatic heterocycles. The fraction of sp³-hybridized carbons (Fsp3) is 0.0667. The van der Waals surface area contributed by atoms with Crippen LogP contribution in [0.4, 0.5) is 8.78 Å². The van der Waals surface area contributed by atoms with Gasteiger partial charge in [-0.2, -0.15) is 0 Å². The van der Waals surface area contributed by atoms with Crippen molar-refractivity contribution in [3.05, 3.63) is 65.2 Å². The Morgan fingerprint density at radius 2 is 1.57 bits per heavy atom. The van der Waals surface area contributed by atoms with Gasteiger partial charge in [0.15, 0.2) is 24.0 Å². The summed E-state index contributed by atoms with van der Waals surface area (Å²) in [4.78, 5) is 22.7. The minimum absolute atomic E-state index is 0.0163. The number of benzene rings is 2. The zero-order chi connectivity index (χ0) is 15.4. The molecule has 0 spiro atoms. The minimum Gasteiger partial charge on any atom is -0.485 e. The molecule has 0 unspecified atom stereocenters. The Morgan fingerprint density at radius 1 is 0.952 bits per heavy atom.